The van der Waals surface area contributed by atoms with Crippen molar-refractivity contribution in [3.8, 4) is 0 Å². The summed E-state index contributed by atoms with van der Waals surface area (Å²) in [6, 6.07) is 17.1. The summed E-state index contributed by atoms with van der Waals surface area (Å²) in [5.41, 5.74) is 4.92. The number of carbonyl (C=O) groups is 1. The molecule has 0 spiro atoms. The van der Waals surface area contributed by atoms with E-state index in [9.17, 15) is 4.79 Å². The van der Waals surface area contributed by atoms with Crippen LogP contribution in [0.1, 0.15) is 28.7 Å². The van der Waals surface area contributed by atoms with Crippen molar-refractivity contribution in [3.05, 3.63) is 77.2 Å². The van der Waals surface area contributed by atoms with Gasteiger partial charge in [0, 0.05) is 29.9 Å². The van der Waals surface area contributed by atoms with Crippen LogP contribution in [0.2, 0.25) is 0 Å². The van der Waals surface area contributed by atoms with E-state index in [0.29, 0.717) is 18.9 Å². The minimum Gasteiger partial charge on any atom is -0.383 e. The molecule has 158 valence electrons. The Morgan fingerprint density at radius 2 is 1.84 bits per heavy atom. The summed E-state index contributed by atoms with van der Waals surface area (Å²) < 4.78 is 1.54. The highest BCUT2D eigenvalue weighted by atomic mass is 16.2. The molecule has 4 rings (SSSR count). The third kappa shape index (κ3) is 4.53. The van der Waals surface area contributed by atoms with Gasteiger partial charge in [-0.2, -0.15) is 0 Å². The van der Waals surface area contributed by atoms with E-state index in [1.165, 1.54) is 5.56 Å². The predicted octanol–water partition coefficient (Wildman–Crippen LogP) is 2.96. The zero-order chi connectivity index (χ0) is 21.8. The standard InChI is InChI=1S/C23H25N7O/c1-15-9-10-20-19(13-15)21(14-16(2)26-20)24-11-12-25-23(31)22(18-7-5-4-6-8-18)30-17(3)27-28-29-30/h4-10,13-14,22H,11-12H2,1-3H3,(H,24,26)(H,25,31). The van der Waals surface area contributed by atoms with E-state index >= 15 is 0 Å². The van der Waals surface area contributed by atoms with Crippen LogP contribution in [0.5, 0.6) is 0 Å². The number of tetrazole rings is 1. The van der Waals surface area contributed by atoms with Crippen LogP contribution >= 0.6 is 0 Å². The van der Waals surface area contributed by atoms with Crippen molar-refractivity contribution >= 4 is 22.5 Å². The molecule has 1 atom stereocenters. The molecule has 2 aromatic carbocycles. The van der Waals surface area contributed by atoms with Crippen LogP contribution in [-0.2, 0) is 4.79 Å². The summed E-state index contributed by atoms with van der Waals surface area (Å²) in [5, 5.41) is 19.2. The number of carbonyl (C=O) groups excluding carboxylic acids is 1. The number of hydrogen-bond acceptors (Lipinski definition) is 6. The van der Waals surface area contributed by atoms with Crippen molar-refractivity contribution in [3.63, 3.8) is 0 Å². The Morgan fingerprint density at radius 1 is 1.03 bits per heavy atom. The molecule has 8 heteroatoms. The second-order valence-corrected chi connectivity index (χ2v) is 7.53. The molecule has 1 unspecified atom stereocenters. The van der Waals surface area contributed by atoms with Crippen LogP contribution in [0, 0.1) is 20.8 Å². The fraction of sp³-hybridized carbons (Fsp3) is 0.261. The summed E-state index contributed by atoms with van der Waals surface area (Å²) >= 11 is 0. The van der Waals surface area contributed by atoms with Crippen LogP contribution in [0.25, 0.3) is 10.9 Å². The highest BCUT2D eigenvalue weighted by molar-refractivity contribution is 5.92. The van der Waals surface area contributed by atoms with Gasteiger partial charge in [0.25, 0.3) is 0 Å². The molecule has 0 radical (unpaired) electrons. The van der Waals surface area contributed by atoms with Crippen LogP contribution in [0.3, 0.4) is 0 Å². The fourth-order valence-electron chi connectivity index (χ4n) is 3.61. The number of amides is 1. The van der Waals surface area contributed by atoms with Crippen LogP contribution in [0.4, 0.5) is 5.69 Å². The summed E-state index contributed by atoms with van der Waals surface area (Å²) in [4.78, 5) is 17.6. The first-order valence-electron chi connectivity index (χ1n) is 10.2. The first-order chi connectivity index (χ1) is 15.0. The number of nitrogens with one attached hydrogen (secondary N) is 2. The van der Waals surface area contributed by atoms with Crippen molar-refractivity contribution in [2.45, 2.75) is 26.8 Å². The number of rotatable bonds is 7. The van der Waals surface area contributed by atoms with Gasteiger partial charge in [0.1, 0.15) is 5.82 Å². The molecule has 0 saturated carbocycles. The molecule has 2 aromatic heterocycles. The highest BCUT2D eigenvalue weighted by Crippen LogP contribution is 2.24. The molecule has 31 heavy (non-hydrogen) atoms. The maximum absolute atomic E-state index is 13.1. The average molecular weight is 416 g/mol. The molecule has 1 amide bonds. The molecule has 8 nitrogen and oxygen atoms in total. The van der Waals surface area contributed by atoms with Gasteiger partial charge in [0.15, 0.2) is 6.04 Å². The Balaban J connectivity index is 1.46. The zero-order valence-electron chi connectivity index (χ0n) is 17.8. The second-order valence-electron chi connectivity index (χ2n) is 7.53. The van der Waals surface area contributed by atoms with Crippen molar-refractivity contribution < 1.29 is 4.79 Å². The maximum atomic E-state index is 13.1. The van der Waals surface area contributed by atoms with E-state index < -0.39 is 6.04 Å². The minimum atomic E-state index is -0.622. The highest BCUT2D eigenvalue weighted by Gasteiger charge is 2.25. The van der Waals surface area contributed by atoms with Crippen molar-refractivity contribution in [2.24, 2.45) is 0 Å². The van der Waals surface area contributed by atoms with Gasteiger partial charge in [-0.3, -0.25) is 9.78 Å². The number of nitrogens with zero attached hydrogens (tertiary/aromatic N) is 5. The number of anilines is 1. The molecule has 0 aliphatic heterocycles. The summed E-state index contributed by atoms with van der Waals surface area (Å²) in [5.74, 6) is 0.422. The van der Waals surface area contributed by atoms with Crippen LogP contribution in [0.15, 0.2) is 54.6 Å². The maximum Gasteiger partial charge on any atom is 0.249 e. The summed E-state index contributed by atoms with van der Waals surface area (Å²) in [6.07, 6.45) is 0. The first-order valence-corrected chi connectivity index (χ1v) is 10.2. The molecule has 0 aliphatic carbocycles. The van der Waals surface area contributed by atoms with Crippen molar-refractivity contribution in [2.75, 3.05) is 18.4 Å². The van der Waals surface area contributed by atoms with E-state index in [2.05, 4.69) is 50.2 Å². The molecule has 4 aromatic rings. The van der Waals surface area contributed by atoms with E-state index in [0.717, 1.165) is 27.8 Å². The SMILES string of the molecule is Cc1ccc2nc(C)cc(NCCNC(=O)C(c3ccccc3)n3nnnc3C)c2c1. The Hall–Kier alpha value is -3.81. The minimum absolute atomic E-state index is 0.157. The van der Waals surface area contributed by atoms with Gasteiger partial charge >= 0.3 is 0 Å². The Labute approximate surface area is 180 Å². The van der Waals surface area contributed by atoms with Gasteiger partial charge in [-0.25, -0.2) is 4.68 Å². The van der Waals surface area contributed by atoms with Crippen LogP contribution < -0.4 is 10.6 Å². The third-order valence-electron chi connectivity index (χ3n) is 5.10. The lowest BCUT2D eigenvalue weighted by atomic mass is 10.1. The number of benzene rings is 2. The zero-order valence-corrected chi connectivity index (χ0v) is 17.8. The summed E-state index contributed by atoms with van der Waals surface area (Å²) in [7, 11) is 0. The number of fused-ring (bicyclic) bond motifs is 1. The molecule has 0 aliphatic rings. The van der Waals surface area contributed by atoms with Gasteiger partial charge in [-0.1, -0.05) is 42.0 Å². The number of aryl methyl sites for hydroxylation is 3. The van der Waals surface area contributed by atoms with E-state index in [-0.39, 0.29) is 5.91 Å². The molecular formula is C23H25N7O. The number of aromatic nitrogens is 5. The first kappa shape index (κ1) is 20.5. The lowest BCUT2D eigenvalue weighted by molar-refractivity contribution is -0.123. The second kappa shape index (κ2) is 8.91. The lowest BCUT2D eigenvalue weighted by Gasteiger charge is -2.18. The van der Waals surface area contributed by atoms with Gasteiger partial charge in [-0.15, -0.1) is 5.10 Å². The predicted molar refractivity (Wildman–Crippen MR) is 120 cm³/mol. The largest absolute Gasteiger partial charge is 0.383 e. The monoisotopic (exact) mass is 415 g/mol. The smallest absolute Gasteiger partial charge is 0.249 e. The molecule has 2 N–H and O–H groups in total. The number of hydrogen-bond donors (Lipinski definition) is 2. The van der Waals surface area contributed by atoms with E-state index in [1.807, 2.05) is 49.4 Å². The van der Waals surface area contributed by atoms with Crippen molar-refractivity contribution in [1.82, 2.24) is 30.5 Å². The Morgan fingerprint density at radius 3 is 2.58 bits per heavy atom. The summed E-state index contributed by atoms with van der Waals surface area (Å²) in [6.45, 7) is 6.86. The Kier molecular flexibility index (Phi) is 5.88. The molecule has 0 saturated heterocycles. The normalized spacial score (nSPS) is 12.0. The van der Waals surface area contributed by atoms with Gasteiger partial charge in [0.2, 0.25) is 5.91 Å². The molecule has 0 bridgehead atoms. The van der Waals surface area contributed by atoms with Crippen LogP contribution in [-0.4, -0.2) is 44.2 Å². The third-order valence-corrected chi connectivity index (χ3v) is 5.10. The lowest BCUT2D eigenvalue weighted by Crippen LogP contribution is -2.36. The van der Waals surface area contributed by atoms with Gasteiger partial charge in [-0.05, 0) is 55.0 Å². The van der Waals surface area contributed by atoms with Gasteiger partial charge < -0.3 is 10.6 Å². The van der Waals surface area contributed by atoms with E-state index in [1.54, 1.807) is 11.6 Å². The topological polar surface area (TPSA) is 97.6 Å². The number of pyridine rings is 1. The fourth-order valence-corrected chi connectivity index (χ4v) is 3.61. The quantitative estimate of drug-likeness (QED) is 0.451. The molecule has 2 heterocycles. The van der Waals surface area contributed by atoms with Crippen molar-refractivity contribution in [1.29, 1.82) is 0 Å². The average Bonchev–Trinajstić information content (AvgIpc) is 3.18. The molecular weight excluding hydrogens is 390 g/mol. The van der Waals surface area contributed by atoms with E-state index in [4.69, 9.17) is 0 Å². The van der Waals surface area contributed by atoms with Gasteiger partial charge in [0.05, 0.1) is 5.52 Å². The molecule has 0 fully saturated rings. The Bertz CT molecular complexity index is 1200.